The number of nitrogens with two attached hydrogens (primary N) is 1. The number of sulfonamides is 1. The van der Waals surface area contributed by atoms with Crippen LogP contribution in [-0.4, -0.2) is 36.9 Å². The molecule has 0 aliphatic rings. The maximum absolute atomic E-state index is 13.8. The fourth-order valence-corrected chi connectivity index (χ4v) is 4.89. The van der Waals surface area contributed by atoms with Crippen LogP contribution in [-0.2, 0) is 39.6 Å². The molecular formula is C30H35F3N4O5S. The Morgan fingerprint density at radius 3 is 2.12 bits per heavy atom. The molecule has 13 heteroatoms. The molecule has 3 aromatic carbocycles. The number of aromatic hydroxyl groups is 1. The van der Waals surface area contributed by atoms with Crippen molar-refractivity contribution in [1.82, 2.24) is 15.5 Å². The number of carbonyl (C=O) groups excluding carboxylic acids is 2. The van der Waals surface area contributed by atoms with Crippen LogP contribution in [0, 0.1) is 0 Å². The van der Waals surface area contributed by atoms with Crippen LogP contribution in [0.25, 0.3) is 0 Å². The third-order valence-corrected chi connectivity index (χ3v) is 7.79. The highest BCUT2D eigenvalue weighted by Crippen LogP contribution is 2.30. The molecule has 0 spiro atoms. The van der Waals surface area contributed by atoms with E-state index in [1.165, 1.54) is 72.5 Å². The molecule has 0 saturated carbocycles. The molecule has 3 rings (SSSR count). The number of rotatable bonds is 12. The largest absolute Gasteiger partial charge is 0.508 e. The number of carbonyl (C=O) groups is 2. The predicted octanol–water partition coefficient (Wildman–Crippen LogP) is 4.99. The van der Waals surface area contributed by atoms with Gasteiger partial charge in [-0.3, -0.25) is 4.79 Å². The minimum Gasteiger partial charge on any atom is -0.508 e. The fraction of sp³-hybridized carbons (Fsp3) is 0.333. The van der Waals surface area contributed by atoms with Gasteiger partial charge in [0, 0.05) is 19.6 Å². The summed E-state index contributed by atoms with van der Waals surface area (Å²) in [4.78, 5) is 28.4. The number of urea groups is 1. The van der Waals surface area contributed by atoms with Crippen molar-refractivity contribution in [2.45, 2.75) is 62.8 Å². The van der Waals surface area contributed by atoms with Crippen molar-refractivity contribution in [1.29, 1.82) is 0 Å². The van der Waals surface area contributed by atoms with Gasteiger partial charge in [0.25, 0.3) is 0 Å². The number of primary sulfonamides is 1. The molecule has 0 aromatic heterocycles. The summed E-state index contributed by atoms with van der Waals surface area (Å²) < 4.78 is 63.6. The number of phenolic OH excluding ortho intramolecular Hbond substituents is 1. The molecule has 0 bridgehead atoms. The number of phenols is 1. The number of hydrogen-bond acceptors (Lipinski definition) is 5. The predicted molar refractivity (Wildman–Crippen MR) is 155 cm³/mol. The highest BCUT2D eigenvalue weighted by molar-refractivity contribution is 7.89. The zero-order valence-corrected chi connectivity index (χ0v) is 24.6. The number of alkyl halides is 3. The van der Waals surface area contributed by atoms with Gasteiger partial charge >= 0.3 is 12.2 Å². The molecule has 9 nitrogen and oxygen atoms in total. The molecule has 0 aliphatic heterocycles. The summed E-state index contributed by atoms with van der Waals surface area (Å²) in [6.07, 6.45) is -2.06. The molecule has 3 amide bonds. The Bertz CT molecular complexity index is 1510. The van der Waals surface area contributed by atoms with Crippen molar-refractivity contribution in [3.63, 3.8) is 0 Å². The van der Waals surface area contributed by atoms with Crippen LogP contribution >= 0.6 is 0 Å². The molecular weight excluding hydrogens is 585 g/mol. The highest BCUT2D eigenvalue weighted by Gasteiger charge is 2.38. The molecule has 0 unspecified atom stereocenters. The highest BCUT2D eigenvalue weighted by atomic mass is 32.2. The minimum absolute atomic E-state index is 0.0464. The van der Waals surface area contributed by atoms with Crippen LogP contribution in [0.2, 0.25) is 0 Å². The SMILES string of the molecule is CCCCCNC(=O)[C@@](C)(NC(=O)N(Cc1ccc(S(N)(=O)=O)cc1)Cc1cccc(C(F)(F)F)c1)c1ccc(O)cc1. The molecule has 1 atom stereocenters. The molecule has 0 heterocycles. The van der Waals surface area contributed by atoms with E-state index in [2.05, 4.69) is 10.6 Å². The van der Waals surface area contributed by atoms with E-state index in [1.807, 2.05) is 6.92 Å². The summed E-state index contributed by atoms with van der Waals surface area (Å²) in [6, 6.07) is 14.9. The van der Waals surface area contributed by atoms with Crippen LogP contribution in [0.15, 0.2) is 77.7 Å². The van der Waals surface area contributed by atoms with Crippen molar-refractivity contribution in [2.75, 3.05) is 6.54 Å². The number of benzene rings is 3. The summed E-state index contributed by atoms with van der Waals surface area (Å²) in [5.41, 5.74) is -1.50. The van der Waals surface area contributed by atoms with Gasteiger partial charge in [0.15, 0.2) is 0 Å². The Balaban J connectivity index is 1.98. The van der Waals surface area contributed by atoms with Crippen molar-refractivity contribution >= 4 is 22.0 Å². The molecule has 43 heavy (non-hydrogen) atoms. The summed E-state index contributed by atoms with van der Waals surface area (Å²) in [5.74, 6) is -0.561. The lowest BCUT2D eigenvalue weighted by molar-refractivity contribution is -0.137. The van der Waals surface area contributed by atoms with Crippen LogP contribution < -0.4 is 15.8 Å². The van der Waals surface area contributed by atoms with Gasteiger partial charge in [-0.25, -0.2) is 18.4 Å². The van der Waals surface area contributed by atoms with Gasteiger partial charge in [0.2, 0.25) is 15.9 Å². The normalized spacial score (nSPS) is 13.2. The van der Waals surface area contributed by atoms with Gasteiger partial charge < -0.3 is 20.6 Å². The molecule has 0 aliphatic carbocycles. The quantitative estimate of drug-likeness (QED) is 0.211. The summed E-state index contributed by atoms with van der Waals surface area (Å²) in [5, 5.41) is 20.5. The molecule has 0 saturated heterocycles. The molecule has 232 valence electrons. The van der Waals surface area contributed by atoms with Gasteiger partial charge in [-0.2, -0.15) is 13.2 Å². The molecule has 3 aromatic rings. The number of hydrogen-bond donors (Lipinski definition) is 4. The van der Waals surface area contributed by atoms with E-state index < -0.39 is 39.2 Å². The van der Waals surface area contributed by atoms with Crippen molar-refractivity contribution in [3.8, 4) is 5.75 Å². The van der Waals surface area contributed by atoms with Gasteiger partial charge in [-0.1, -0.05) is 56.2 Å². The maximum Gasteiger partial charge on any atom is 0.416 e. The number of unbranched alkanes of at least 4 members (excludes halogenated alkanes) is 2. The first-order chi connectivity index (χ1) is 20.1. The Hall–Kier alpha value is -4.10. The van der Waals surface area contributed by atoms with E-state index in [4.69, 9.17) is 5.14 Å². The van der Waals surface area contributed by atoms with Crippen molar-refractivity contribution < 1.29 is 36.3 Å². The summed E-state index contributed by atoms with van der Waals surface area (Å²) >= 11 is 0. The fourth-order valence-electron chi connectivity index (χ4n) is 4.37. The van der Waals surface area contributed by atoms with E-state index >= 15 is 0 Å². The molecule has 0 radical (unpaired) electrons. The zero-order valence-electron chi connectivity index (χ0n) is 23.8. The maximum atomic E-state index is 13.8. The minimum atomic E-state index is -4.60. The van der Waals surface area contributed by atoms with Gasteiger partial charge in [0.05, 0.1) is 10.5 Å². The second-order valence-corrected chi connectivity index (χ2v) is 11.9. The Morgan fingerprint density at radius 1 is 0.907 bits per heavy atom. The van der Waals surface area contributed by atoms with Crippen molar-refractivity contribution in [2.24, 2.45) is 5.14 Å². The average Bonchev–Trinajstić information content (AvgIpc) is 2.94. The second-order valence-electron chi connectivity index (χ2n) is 10.3. The zero-order chi connectivity index (χ0) is 31.8. The van der Waals surface area contributed by atoms with Gasteiger partial charge in [-0.15, -0.1) is 0 Å². The van der Waals surface area contributed by atoms with E-state index in [9.17, 15) is 36.3 Å². The smallest absolute Gasteiger partial charge is 0.416 e. The van der Waals surface area contributed by atoms with Crippen molar-refractivity contribution in [3.05, 3.63) is 95.1 Å². The second kappa shape index (κ2) is 13.9. The standard InChI is InChI=1S/C30H35F3N4O5S/c1-3-4-5-17-35-27(39)29(2,23-11-13-25(38)14-12-23)36-28(40)37(19-21-9-15-26(16-10-21)43(34,41)42)20-22-7-6-8-24(18-22)30(31,32)33/h6-16,18,38H,3-5,17,19-20H2,1-2H3,(H,35,39)(H,36,40)(H2,34,41,42)/t29-/m0/s1. The Morgan fingerprint density at radius 2 is 1.53 bits per heavy atom. The summed E-state index contributed by atoms with van der Waals surface area (Å²) in [7, 11) is -3.97. The number of nitrogens with zero attached hydrogens (tertiary/aromatic N) is 1. The third kappa shape index (κ3) is 9.19. The lowest BCUT2D eigenvalue weighted by atomic mass is 9.90. The van der Waals surface area contributed by atoms with Crippen LogP contribution in [0.4, 0.5) is 18.0 Å². The van der Waals surface area contributed by atoms with E-state index in [-0.39, 0.29) is 29.3 Å². The average molecular weight is 621 g/mol. The van der Waals surface area contributed by atoms with E-state index in [1.54, 1.807) is 0 Å². The topological polar surface area (TPSA) is 142 Å². The van der Waals surface area contributed by atoms with E-state index in [0.717, 1.165) is 31.4 Å². The van der Waals surface area contributed by atoms with Crippen LogP contribution in [0.5, 0.6) is 5.75 Å². The summed E-state index contributed by atoms with van der Waals surface area (Å²) in [6.45, 7) is 3.47. The third-order valence-electron chi connectivity index (χ3n) is 6.86. The van der Waals surface area contributed by atoms with Crippen LogP contribution in [0.3, 0.4) is 0 Å². The van der Waals surface area contributed by atoms with Gasteiger partial charge in [0.1, 0.15) is 11.3 Å². The molecule has 0 fully saturated rings. The van der Waals surface area contributed by atoms with Gasteiger partial charge in [-0.05, 0) is 66.4 Å². The Labute approximate surface area is 248 Å². The lowest BCUT2D eigenvalue weighted by Crippen LogP contribution is -2.57. The van der Waals surface area contributed by atoms with E-state index in [0.29, 0.717) is 17.7 Å². The first-order valence-electron chi connectivity index (χ1n) is 13.6. The monoisotopic (exact) mass is 620 g/mol. The Kier molecular flexibility index (Phi) is 10.8. The first kappa shape index (κ1) is 33.4. The molecule has 5 N–H and O–H groups in total. The number of nitrogens with one attached hydrogen (secondary N) is 2. The number of halogens is 3. The first-order valence-corrected chi connectivity index (χ1v) is 15.1. The van der Waals surface area contributed by atoms with Crippen LogP contribution in [0.1, 0.15) is 55.4 Å². The lowest BCUT2D eigenvalue weighted by Gasteiger charge is -2.33. The number of amides is 3.